The lowest BCUT2D eigenvalue weighted by atomic mass is 10.1. The van der Waals surface area contributed by atoms with Crippen molar-refractivity contribution < 1.29 is 0 Å². The average molecular weight is 179 g/mol. The van der Waals surface area contributed by atoms with E-state index in [9.17, 15) is 0 Å². The number of aromatic nitrogens is 1. The normalized spacial score (nSPS) is 12.8. The maximum atomic E-state index is 5.39. The van der Waals surface area contributed by atoms with Crippen molar-refractivity contribution in [3.05, 3.63) is 30.1 Å². The van der Waals surface area contributed by atoms with E-state index in [0.29, 0.717) is 6.04 Å². The molecule has 0 amide bonds. The number of pyridine rings is 1. The molecule has 3 nitrogen and oxygen atoms in total. The van der Waals surface area contributed by atoms with Crippen LogP contribution in [0.2, 0.25) is 0 Å². The fourth-order valence-corrected chi connectivity index (χ4v) is 1.30. The highest BCUT2D eigenvalue weighted by atomic mass is 15.2. The van der Waals surface area contributed by atoms with Crippen LogP contribution in [0.15, 0.2) is 24.5 Å². The van der Waals surface area contributed by atoms with Gasteiger partial charge in [-0.3, -0.25) is 16.3 Å². The topological polar surface area (TPSA) is 50.9 Å². The number of hydrazine groups is 1. The predicted octanol–water partition coefficient (Wildman–Crippen LogP) is 1.26. The second kappa shape index (κ2) is 5.67. The van der Waals surface area contributed by atoms with E-state index in [0.717, 1.165) is 19.3 Å². The molecule has 1 atom stereocenters. The smallest absolute Gasteiger partial charge is 0.0270 e. The van der Waals surface area contributed by atoms with Crippen LogP contribution in [0.1, 0.15) is 25.3 Å². The van der Waals surface area contributed by atoms with E-state index in [-0.39, 0.29) is 0 Å². The molecule has 0 saturated heterocycles. The molecule has 1 rings (SSSR count). The highest BCUT2D eigenvalue weighted by Crippen LogP contribution is 2.05. The Balaban J connectivity index is 2.34. The van der Waals surface area contributed by atoms with Gasteiger partial charge in [0.15, 0.2) is 0 Å². The molecule has 0 saturated carbocycles. The van der Waals surface area contributed by atoms with E-state index in [1.165, 1.54) is 5.56 Å². The van der Waals surface area contributed by atoms with Gasteiger partial charge in [-0.05, 0) is 37.0 Å². The zero-order chi connectivity index (χ0) is 9.52. The van der Waals surface area contributed by atoms with Crippen LogP contribution in [0.3, 0.4) is 0 Å². The van der Waals surface area contributed by atoms with Crippen LogP contribution in [0, 0.1) is 0 Å². The van der Waals surface area contributed by atoms with Gasteiger partial charge in [0.1, 0.15) is 0 Å². The van der Waals surface area contributed by atoms with Gasteiger partial charge in [-0.1, -0.05) is 6.92 Å². The molecule has 0 bridgehead atoms. The molecule has 3 heteroatoms. The number of rotatable bonds is 5. The van der Waals surface area contributed by atoms with Crippen LogP contribution in [0.5, 0.6) is 0 Å². The molecule has 0 aliphatic carbocycles. The van der Waals surface area contributed by atoms with Gasteiger partial charge in [-0.25, -0.2) is 0 Å². The number of hydrogen-bond donors (Lipinski definition) is 2. The zero-order valence-electron chi connectivity index (χ0n) is 8.03. The molecule has 1 unspecified atom stereocenters. The van der Waals surface area contributed by atoms with Crippen molar-refractivity contribution in [1.82, 2.24) is 10.4 Å². The largest absolute Gasteiger partial charge is 0.271 e. The van der Waals surface area contributed by atoms with Gasteiger partial charge < -0.3 is 0 Å². The lowest BCUT2D eigenvalue weighted by Gasteiger charge is -2.12. The Hall–Kier alpha value is -0.930. The summed E-state index contributed by atoms with van der Waals surface area (Å²) in [6, 6.07) is 4.51. The number of aryl methyl sites for hydroxylation is 1. The predicted molar refractivity (Wildman–Crippen MR) is 54.0 cm³/mol. The third kappa shape index (κ3) is 3.53. The van der Waals surface area contributed by atoms with Crippen LogP contribution in [0.4, 0.5) is 0 Å². The summed E-state index contributed by atoms with van der Waals surface area (Å²) in [5, 5.41) is 0. The molecule has 0 aromatic carbocycles. The summed E-state index contributed by atoms with van der Waals surface area (Å²) >= 11 is 0. The molecule has 0 spiro atoms. The molecule has 1 heterocycles. The molecule has 72 valence electrons. The maximum Gasteiger partial charge on any atom is 0.0270 e. The van der Waals surface area contributed by atoms with Crippen LogP contribution < -0.4 is 11.3 Å². The van der Waals surface area contributed by atoms with Crippen LogP contribution in [0.25, 0.3) is 0 Å². The second-order valence-corrected chi connectivity index (χ2v) is 3.17. The van der Waals surface area contributed by atoms with Crippen molar-refractivity contribution in [3.8, 4) is 0 Å². The summed E-state index contributed by atoms with van der Waals surface area (Å²) in [4.78, 5) is 3.97. The van der Waals surface area contributed by atoms with E-state index in [1.54, 1.807) is 0 Å². The zero-order valence-corrected chi connectivity index (χ0v) is 8.03. The molecule has 1 aromatic rings. The Morgan fingerprint density at radius 3 is 2.69 bits per heavy atom. The molecular formula is C10H17N3. The van der Waals surface area contributed by atoms with Gasteiger partial charge in [0.25, 0.3) is 0 Å². The van der Waals surface area contributed by atoms with Crippen molar-refractivity contribution in [1.29, 1.82) is 0 Å². The molecule has 3 N–H and O–H groups in total. The van der Waals surface area contributed by atoms with Crippen molar-refractivity contribution >= 4 is 0 Å². The lowest BCUT2D eigenvalue weighted by Crippen LogP contribution is -2.34. The van der Waals surface area contributed by atoms with E-state index in [4.69, 9.17) is 5.84 Å². The van der Waals surface area contributed by atoms with Crippen LogP contribution in [-0.2, 0) is 6.42 Å². The van der Waals surface area contributed by atoms with Crippen molar-refractivity contribution in [2.75, 3.05) is 0 Å². The first kappa shape index (κ1) is 10.2. The van der Waals surface area contributed by atoms with Crippen LogP contribution >= 0.6 is 0 Å². The maximum absolute atomic E-state index is 5.39. The SMILES string of the molecule is CCC(CCc1ccncc1)NN. The minimum atomic E-state index is 0.424. The molecule has 0 aliphatic rings. The second-order valence-electron chi connectivity index (χ2n) is 3.17. The van der Waals surface area contributed by atoms with Crippen molar-refractivity contribution in [2.24, 2.45) is 5.84 Å². The average Bonchev–Trinajstić information content (AvgIpc) is 2.21. The van der Waals surface area contributed by atoms with Gasteiger partial charge >= 0.3 is 0 Å². The monoisotopic (exact) mass is 179 g/mol. The molecular weight excluding hydrogens is 162 g/mol. The van der Waals surface area contributed by atoms with E-state index < -0.39 is 0 Å². The minimum Gasteiger partial charge on any atom is -0.271 e. The Bertz CT molecular complexity index is 219. The third-order valence-electron chi connectivity index (χ3n) is 2.26. The molecule has 0 aliphatic heterocycles. The fourth-order valence-electron chi connectivity index (χ4n) is 1.30. The molecule has 0 radical (unpaired) electrons. The number of nitrogens with two attached hydrogens (primary N) is 1. The summed E-state index contributed by atoms with van der Waals surface area (Å²) in [7, 11) is 0. The standard InChI is InChI=1S/C10H17N3/c1-2-10(13-11)4-3-9-5-7-12-8-6-9/h5-8,10,13H,2-4,11H2,1H3. The van der Waals surface area contributed by atoms with Crippen LogP contribution in [-0.4, -0.2) is 11.0 Å². The highest BCUT2D eigenvalue weighted by molar-refractivity contribution is 5.09. The first-order valence-corrected chi connectivity index (χ1v) is 4.71. The highest BCUT2D eigenvalue weighted by Gasteiger charge is 2.02. The number of nitrogens with zero attached hydrogens (tertiary/aromatic N) is 1. The van der Waals surface area contributed by atoms with E-state index >= 15 is 0 Å². The van der Waals surface area contributed by atoms with Gasteiger partial charge in [0.2, 0.25) is 0 Å². The Morgan fingerprint density at radius 2 is 2.15 bits per heavy atom. The van der Waals surface area contributed by atoms with Gasteiger partial charge in [-0.2, -0.15) is 0 Å². The van der Waals surface area contributed by atoms with Gasteiger partial charge in [-0.15, -0.1) is 0 Å². The summed E-state index contributed by atoms with van der Waals surface area (Å²) in [5.41, 5.74) is 4.13. The van der Waals surface area contributed by atoms with Crippen molar-refractivity contribution in [3.63, 3.8) is 0 Å². The van der Waals surface area contributed by atoms with Gasteiger partial charge in [0.05, 0.1) is 0 Å². The number of nitrogens with one attached hydrogen (secondary N) is 1. The van der Waals surface area contributed by atoms with Crippen molar-refractivity contribution in [2.45, 2.75) is 32.2 Å². The summed E-state index contributed by atoms with van der Waals surface area (Å²) in [6.45, 7) is 2.14. The summed E-state index contributed by atoms with van der Waals surface area (Å²) in [5.74, 6) is 5.39. The Labute approximate surface area is 79.3 Å². The third-order valence-corrected chi connectivity index (χ3v) is 2.26. The molecule has 13 heavy (non-hydrogen) atoms. The summed E-state index contributed by atoms with van der Waals surface area (Å²) < 4.78 is 0. The Morgan fingerprint density at radius 1 is 1.46 bits per heavy atom. The molecule has 1 aromatic heterocycles. The van der Waals surface area contributed by atoms with E-state index in [1.807, 2.05) is 24.5 Å². The number of hydrogen-bond acceptors (Lipinski definition) is 3. The first-order valence-electron chi connectivity index (χ1n) is 4.71. The van der Waals surface area contributed by atoms with E-state index in [2.05, 4.69) is 17.3 Å². The fraction of sp³-hybridized carbons (Fsp3) is 0.500. The Kier molecular flexibility index (Phi) is 4.43. The van der Waals surface area contributed by atoms with Gasteiger partial charge in [0, 0.05) is 18.4 Å². The minimum absolute atomic E-state index is 0.424. The lowest BCUT2D eigenvalue weighted by molar-refractivity contribution is 0.481. The summed E-state index contributed by atoms with van der Waals surface area (Å²) in [6.07, 6.45) is 6.86. The quantitative estimate of drug-likeness (QED) is 0.528. The first-order chi connectivity index (χ1) is 6.36. The molecule has 0 fully saturated rings.